The van der Waals surface area contributed by atoms with Crippen LogP contribution in [0.25, 0.3) is 0 Å². The number of halogens is 3. The Balaban J connectivity index is 2.08. The van der Waals surface area contributed by atoms with E-state index < -0.39 is 12.6 Å². The first-order valence-electron chi connectivity index (χ1n) is 6.55. The molecule has 3 nitrogen and oxygen atoms in total. The van der Waals surface area contributed by atoms with Crippen LogP contribution >= 0.6 is 11.3 Å². The summed E-state index contributed by atoms with van der Waals surface area (Å²) < 4.78 is 35.9. The summed E-state index contributed by atoms with van der Waals surface area (Å²) in [5.41, 5.74) is 0. The summed E-state index contributed by atoms with van der Waals surface area (Å²) in [5.74, 6) is 0.633. The molecule has 0 saturated heterocycles. The van der Waals surface area contributed by atoms with Gasteiger partial charge in [-0.25, -0.2) is 0 Å². The molecule has 7 heteroatoms. The van der Waals surface area contributed by atoms with E-state index in [1.54, 1.807) is 18.4 Å². The molecule has 1 aromatic rings. The van der Waals surface area contributed by atoms with Gasteiger partial charge in [-0.2, -0.15) is 13.2 Å². The summed E-state index contributed by atoms with van der Waals surface area (Å²) in [6, 6.07) is 4.08. The van der Waals surface area contributed by atoms with Crippen molar-refractivity contribution in [2.75, 3.05) is 20.1 Å². The number of thiophene rings is 1. The minimum absolute atomic E-state index is 0.142. The standard InChI is InChI=1S/C13H20F3N3S/c1-17-12(18-8-3-2-7-13(14,15)16)19-9-6-11-5-4-10-20-11/h4-5,10H,2-3,6-9H2,1H3,(H2,17,18,19). The van der Waals surface area contributed by atoms with Crippen LogP contribution in [0.15, 0.2) is 22.5 Å². The van der Waals surface area contributed by atoms with Gasteiger partial charge in [-0.15, -0.1) is 11.3 Å². The van der Waals surface area contributed by atoms with Crippen molar-refractivity contribution >= 4 is 17.3 Å². The first kappa shape index (κ1) is 16.8. The number of hydrogen-bond acceptors (Lipinski definition) is 2. The van der Waals surface area contributed by atoms with Gasteiger partial charge in [0.05, 0.1) is 0 Å². The maximum atomic E-state index is 12.0. The summed E-state index contributed by atoms with van der Waals surface area (Å²) in [4.78, 5) is 5.32. The Bertz CT molecular complexity index is 388. The summed E-state index contributed by atoms with van der Waals surface area (Å²) in [7, 11) is 1.65. The average molecular weight is 307 g/mol. The molecule has 0 aromatic carbocycles. The number of nitrogens with zero attached hydrogens (tertiary/aromatic N) is 1. The Morgan fingerprint density at radius 3 is 2.60 bits per heavy atom. The first-order valence-corrected chi connectivity index (χ1v) is 7.43. The van der Waals surface area contributed by atoms with Crippen LogP contribution in [0.1, 0.15) is 24.1 Å². The highest BCUT2D eigenvalue weighted by molar-refractivity contribution is 7.09. The third-order valence-corrected chi connectivity index (χ3v) is 3.58. The second-order valence-corrected chi connectivity index (χ2v) is 5.36. The molecule has 20 heavy (non-hydrogen) atoms. The van der Waals surface area contributed by atoms with E-state index >= 15 is 0 Å². The van der Waals surface area contributed by atoms with Gasteiger partial charge in [0.25, 0.3) is 0 Å². The SMILES string of the molecule is CN=C(NCCCCC(F)(F)F)NCCc1cccs1. The number of alkyl halides is 3. The third kappa shape index (κ3) is 8.04. The molecule has 0 amide bonds. The summed E-state index contributed by atoms with van der Waals surface area (Å²) in [6.07, 6.45) is -3.25. The van der Waals surface area contributed by atoms with Crippen molar-refractivity contribution in [3.05, 3.63) is 22.4 Å². The monoisotopic (exact) mass is 307 g/mol. The second-order valence-electron chi connectivity index (χ2n) is 4.33. The van der Waals surface area contributed by atoms with Crippen molar-refractivity contribution in [3.8, 4) is 0 Å². The quantitative estimate of drug-likeness (QED) is 0.461. The fourth-order valence-electron chi connectivity index (χ4n) is 1.64. The van der Waals surface area contributed by atoms with Crippen LogP contribution in [0.2, 0.25) is 0 Å². The van der Waals surface area contributed by atoms with Gasteiger partial charge < -0.3 is 10.6 Å². The minimum atomic E-state index is -4.05. The predicted octanol–water partition coefficient (Wildman–Crippen LogP) is 3.19. The maximum Gasteiger partial charge on any atom is 0.389 e. The van der Waals surface area contributed by atoms with E-state index in [-0.39, 0.29) is 6.42 Å². The van der Waals surface area contributed by atoms with E-state index in [4.69, 9.17) is 0 Å². The molecular formula is C13H20F3N3S. The Kier molecular flexibility index (Phi) is 7.43. The zero-order valence-corrected chi connectivity index (χ0v) is 12.3. The lowest BCUT2D eigenvalue weighted by Crippen LogP contribution is -2.38. The lowest BCUT2D eigenvalue weighted by atomic mass is 10.2. The fraction of sp³-hybridized carbons (Fsp3) is 0.615. The number of guanidine groups is 1. The molecule has 0 saturated carbocycles. The van der Waals surface area contributed by atoms with Gasteiger partial charge >= 0.3 is 6.18 Å². The molecule has 0 atom stereocenters. The molecule has 0 aliphatic carbocycles. The molecule has 1 rings (SSSR count). The lowest BCUT2D eigenvalue weighted by molar-refractivity contribution is -0.135. The van der Waals surface area contributed by atoms with Crippen LogP contribution in [0.4, 0.5) is 13.2 Å². The average Bonchev–Trinajstić information content (AvgIpc) is 2.88. The van der Waals surface area contributed by atoms with Gasteiger partial charge in [0.15, 0.2) is 5.96 Å². The first-order chi connectivity index (χ1) is 9.51. The highest BCUT2D eigenvalue weighted by Crippen LogP contribution is 2.21. The van der Waals surface area contributed by atoms with Crippen molar-refractivity contribution in [3.63, 3.8) is 0 Å². The second kappa shape index (κ2) is 8.84. The van der Waals surface area contributed by atoms with Crippen molar-refractivity contribution in [2.24, 2.45) is 4.99 Å². The maximum absolute atomic E-state index is 12.0. The number of nitrogens with one attached hydrogen (secondary N) is 2. The number of unbranched alkanes of at least 4 members (excludes halogenated alkanes) is 1. The normalized spacial score (nSPS) is 12.5. The number of hydrogen-bond donors (Lipinski definition) is 2. The van der Waals surface area contributed by atoms with E-state index in [1.165, 1.54) is 4.88 Å². The van der Waals surface area contributed by atoms with Crippen molar-refractivity contribution in [2.45, 2.75) is 31.9 Å². The zero-order chi connectivity index (χ0) is 14.8. The van der Waals surface area contributed by atoms with E-state index in [1.807, 2.05) is 11.4 Å². The van der Waals surface area contributed by atoms with E-state index in [9.17, 15) is 13.2 Å². The summed E-state index contributed by atoms with van der Waals surface area (Å²) in [5, 5.41) is 8.18. The molecule has 0 unspecified atom stereocenters. The summed E-state index contributed by atoms with van der Waals surface area (Å²) in [6.45, 7) is 1.25. The molecule has 0 fully saturated rings. The highest BCUT2D eigenvalue weighted by Gasteiger charge is 2.25. The minimum Gasteiger partial charge on any atom is -0.356 e. The Morgan fingerprint density at radius 1 is 1.25 bits per heavy atom. The third-order valence-electron chi connectivity index (χ3n) is 2.65. The zero-order valence-electron chi connectivity index (χ0n) is 11.5. The van der Waals surface area contributed by atoms with Gasteiger partial charge in [0.2, 0.25) is 0 Å². The van der Waals surface area contributed by atoms with Gasteiger partial charge in [0, 0.05) is 31.4 Å². The molecule has 0 radical (unpaired) electrons. The molecule has 0 aliphatic heterocycles. The van der Waals surface area contributed by atoms with Crippen molar-refractivity contribution in [1.29, 1.82) is 0 Å². The van der Waals surface area contributed by atoms with Crippen LogP contribution in [-0.2, 0) is 6.42 Å². The van der Waals surface area contributed by atoms with Crippen LogP contribution in [0, 0.1) is 0 Å². The van der Waals surface area contributed by atoms with Gasteiger partial charge in [-0.1, -0.05) is 6.07 Å². The van der Waals surface area contributed by atoms with Crippen LogP contribution in [0.5, 0.6) is 0 Å². The Hall–Kier alpha value is -1.24. The molecular weight excluding hydrogens is 287 g/mol. The van der Waals surface area contributed by atoms with Gasteiger partial charge in [-0.3, -0.25) is 4.99 Å². The molecule has 1 aromatic heterocycles. The van der Waals surface area contributed by atoms with Gasteiger partial charge in [-0.05, 0) is 30.7 Å². The molecule has 114 valence electrons. The number of aliphatic imine (C=N–C) groups is 1. The smallest absolute Gasteiger partial charge is 0.356 e. The van der Waals surface area contributed by atoms with Crippen LogP contribution in [-0.4, -0.2) is 32.3 Å². The molecule has 0 spiro atoms. The summed E-state index contributed by atoms with van der Waals surface area (Å²) >= 11 is 1.70. The van der Waals surface area contributed by atoms with Crippen LogP contribution in [0.3, 0.4) is 0 Å². The molecule has 0 bridgehead atoms. The lowest BCUT2D eigenvalue weighted by Gasteiger charge is -2.11. The molecule has 0 aliphatic rings. The fourth-order valence-corrected chi connectivity index (χ4v) is 2.35. The Labute approximate surface area is 121 Å². The Morgan fingerprint density at radius 2 is 2.00 bits per heavy atom. The van der Waals surface area contributed by atoms with E-state index in [0.717, 1.165) is 13.0 Å². The predicted molar refractivity (Wildman–Crippen MR) is 77.3 cm³/mol. The van der Waals surface area contributed by atoms with Gasteiger partial charge in [0.1, 0.15) is 0 Å². The van der Waals surface area contributed by atoms with Crippen molar-refractivity contribution < 1.29 is 13.2 Å². The number of rotatable bonds is 7. The highest BCUT2D eigenvalue weighted by atomic mass is 32.1. The molecule has 1 heterocycles. The van der Waals surface area contributed by atoms with E-state index in [0.29, 0.717) is 18.9 Å². The van der Waals surface area contributed by atoms with Crippen LogP contribution < -0.4 is 10.6 Å². The van der Waals surface area contributed by atoms with Crippen molar-refractivity contribution in [1.82, 2.24) is 10.6 Å². The largest absolute Gasteiger partial charge is 0.389 e. The topological polar surface area (TPSA) is 36.4 Å². The molecule has 2 N–H and O–H groups in total. The van der Waals surface area contributed by atoms with E-state index in [2.05, 4.69) is 21.7 Å².